The first-order valence-electron chi connectivity index (χ1n) is 6.04. The summed E-state index contributed by atoms with van der Waals surface area (Å²) in [6, 6.07) is 0. The maximum absolute atomic E-state index is 11.4. The number of rotatable bonds is 6. The Morgan fingerprint density at radius 1 is 1.11 bits per heavy atom. The molecule has 0 aliphatic heterocycles. The van der Waals surface area contributed by atoms with Gasteiger partial charge in [0.2, 0.25) is 10.0 Å². The van der Waals surface area contributed by atoms with Crippen LogP contribution in [0.3, 0.4) is 0 Å². The van der Waals surface area contributed by atoms with Gasteiger partial charge in [-0.1, -0.05) is 6.92 Å². The monoisotopic (exact) mass is 278 g/mol. The van der Waals surface area contributed by atoms with Gasteiger partial charge in [0.15, 0.2) is 5.96 Å². The Labute approximate surface area is 111 Å². The van der Waals surface area contributed by atoms with Crippen molar-refractivity contribution in [2.75, 3.05) is 54.1 Å². The average molecular weight is 278 g/mol. The maximum atomic E-state index is 11.4. The molecule has 0 aliphatic rings. The van der Waals surface area contributed by atoms with Crippen molar-refractivity contribution >= 4 is 16.0 Å². The van der Waals surface area contributed by atoms with E-state index in [2.05, 4.69) is 4.99 Å². The van der Waals surface area contributed by atoms with Crippen molar-refractivity contribution in [1.29, 1.82) is 0 Å². The molecular weight excluding hydrogens is 252 g/mol. The van der Waals surface area contributed by atoms with Gasteiger partial charge in [0.1, 0.15) is 0 Å². The SMILES string of the molecule is CCN(CCCN=C(N(C)C)N(C)C)S(C)(=O)=O. The van der Waals surface area contributed by atoms with E-state index in [1.165, 1.54) is 10.6 Å². The lowest BCUT2D eigenvalue weighted by Crippen LogP contribution is -2.36. The number of hydrogen-bond acceptors (Lipinski definition) is 3. The zero-order valence-electron chi connectivity index (χ0n) is 12.3. The minimum Gasteiger partial charge on any atom is -0.349 e. The van der Waals surface area contributed by atoms with Crippen LogP contribution < -0.4 is 0 Å². The summed E-state index contributed by atoms with van der Waals surface area (Å²) in [6.45, 7) is 3.50. The second-order valence-electron chi connectivity index (χ2n) is 4.58. The van der Waals surface area contributed by atoms with Gasteiger partial charge >= 0.3 is 0 Å². The predicted octanol–water partition coefficient (Wildman–Crippen LogP) is 0.137. The van der Waals surface area contributed by atoms with Gasteiger partial charge in [-0.15, -0.1) is 0 Å². The Morgan fingerprint density at radius 3 is 1.94 bits per heavy atom. The van der Waals surface area contributed by atoms with Crippen molar-refractivity contribution in [2.45, 2.75) is 13.3 Å². The van der Waals surface area contributed by atoms with Gasteiger partial charge < -0.3 is 9.80 Å². The molecular formula is C11H26N4O2S. The molecule has 0 aromatic carbocycles. The first kappa shape index (κ1) is 17.2. The highest BCUT2D eigenvalue weighted by Crippen LogP contribution is 1.99. The van der Waals surface area contributed by atoms with E-state index in [0.717, 1.165) is 12.4 Å². The molecule has 0 atom stereocenters. The second kappa shape index (κ2) is 7.58. The molecule has 0 aromatic rings. The van der Waals surface area contributed by atoms with Crippen LogP contribution in [0.15, 0.2) is 4.99 Å². The summed E-state index contributed by atoms with van der Waals surface area (Å²) in [6.07, 6.45) is 1.97. The molecule has 108 valence electrons. The van der Waals surface area contributed by atoms with Crippen LogP contribution in [-0.2, 0) is 10.0 Å². The van der Waals surface area contributed by atoms with E-state index in [1.807, 2.05) is 44.9 Å². The molecule has 0 saturated heterocycles. The molecule has 0 amide bonds. The molecule has 0 rings (SSSR count). The van der Waals surface area contributed by atoms with E-state index in [0.29, 0.717) is 19.6 Å². The molecule has 18 heavy (non-hydrogen) atoms. The van der Waals surface area contributed by atoms with Crippen LogP contribution in [-0.4, -0.2) is 82.6 Å². The van der Waals surface area contributed by atoms with Crippen LogP contribution in [0, 0.1) is 0 Å². The Morgan fingerprint density at radius 2 is 1.61 bits per heavy atom. The highest BCUT2D eigenvalue weighted by atomic mass is 32.2. The topological polar surface area (TPSA) is 56.2 Å². The Bertz CT molecular complexity index is 353. The molecule has 0 heterocycles. The van der Waals surface area contributed by atoms with Gasteiger partial charge in [-0.2, -0.15) is 0 Å². The first-order chi connectivity index (χ1) is 8.20. The number of sulfonamides is 1. The summed E-state index contributed by atoms with van der Waals surface area (Å²) in [5, 5.41) is 0. The summed E-state index contributed by atoms with van der Waals surface area (Å²) < 4.78 is 24.2. The van der Waals surface area contributed by atoms with Crippen molar-refractivity contribution in [2.24, 2.45) is 4.99 Å². The summed E-state index contributed by atoms with van der Waals surface area (Å²) in [5.74, 6) is 0.886. The van der Waals surface area contributed by atoms with Crippen molar-refractivity contribution in [3.63, 3.8) is 0 Å². The third kappa shape index (κ3) is 6.20. The highest BCUT2D eigenvalue weighted by Gasteiger charge is 2.13. The zero-order chi connectivity index (χ0) is 14.3. The van der Waals surface area contributed by atoms with Crippen molar-refractivity contribution < 1.29 is 8.42 Å². The van der Waals surface area contributed by atoms with Gasteiger partial charge in [0.25, 0.3) is 0 Å². The molecule has 0 bridgehead atoms. The fraction of sp³-hybridized carbons (Fsp3) is 0.909. The van der Waals surface area contributed by atoms with E-state index in [4.69, 9.17) is 0 Å². The number of aliphatic imine (C=N–C) groups is 1. The van der Waals surface area contributed by atoms with E-state index >= 15 is 0 Å². The Balaban J connectivity index is 4.31. The maximum Gasteiger partial charge on any atom is 0.211 e. The fourth-order valence-corrected chi connectivity index (χ4v) is 2.60. The van der Waals surface area contributed by atoms with E-state index in [9.17, 15) is 8.42 Å². The number of guanidine groups is 1. The quantitative estimate of drug-likeness (QED) is 0.394. The van der Waals surface area contributed by atoms with Gasteiger partial charge in [-0.05, 0) is 6.42 Å². The standard InChI is InChI=1S/C11H26N4O2S/c1-7-15(18(6,16)17)10-8-9-12-11(13(2)3)14(4)5/h7-10H2,1-6H3. The second-order valence-corrected chi connectivity index (χ2v) is 6.56. The molecule has 0 N–H and O–H groups in total. The predicted molar refractivity (Wildman–Crippen MR) is 76.4 cm³/mol. The van der Waals surface area contributed by atoms with Crippen LogP contribution in [0.2, 0.25) is 0 Å². The van der Waals surface area contributed by atoms with Crippen molar-refractivity contribution in [3.8, 4) is 0 Å². The lowest BCUT2D eigenvalue weighted by atomic mass is 10.4. The van der Waals surface area contributed by atoms with Crippen LogP contribution >= 0.6 is 0 Å². The van der Waals surface area contributed by atoms with Crippen molar-refractivity contribution in [3.05, 3.63) is 0 Å². The Hall–Kier alpha value is -0.820. The first-order valence-corrected chi connectivity index (χ1v) is 7.89. The minimum absolute atomic E-state index is 0.511. The smallest absolute Gasteiger partial charge is 0.211 e. The summed E-state index contributed by atoms with van der Waals surface area (Å²) >= 11 is 0. The van der Waals surface area contributed by atoms with Gasteiger partial charge in [0, 0.05) is 47.8 Å². The normalized spacial score (nSPS) is 11.5. The number of nitrogens with zero attached hydrogens (tertiary/aromatic N) is 4. The molecule has 0 aliphatic carbocycles. The third-order valence-electron chi connectivity index (χ3n) is 2.44. The molecule has 0 fully saturated rings. The third-order valence-corrected chi connectivity index (χ3v) is 3.82. The lowest BCUT2D eigenvalue weighted by molar-refractivity contribution is 0.424. The van der Waals surface area contributed by atoms with E-state index < -0.39 is 10.0 Å². The molecule has 6 nitrogen and oxygen atoms in total. The van der Waals surface area contributed by atoms with Gasteiger partial charge in [-0.25, -0.2) is 12.7 Å². The van der Waals surface area contributed by atoms with Crippen LogP contribution in [0.25, 0.3) is 0 Å². The highest BCUT2D eigenvalue weighted by molar-refractivity contribution is 7.88. The minimum atomic E-state index is -3.08. The summed E-state index contributed by atoms with van der Waals surface area (Å²) in [4.78, 5) is 8.34. The van der Waals surface area contributed by atoms with Gasteiger partial charge in [0.05, 0.1) is 6.26 Å². The van der Waals surface area contributed by atoms with Gasteiger partial charge in [-0.3, -0.25) is 4.99 Å². The Kier molecular flexibility index (Phi) is 7.23. The number of hydrogen-bond donors (Lipinski definition) is 0. The van der Waals surface area contributed by atoms with Crippen LogP contribution in [0.4, 0.5) is 0 Å². The summed E-state index contributed by atoms with van der Waals surface area (Å²) in [7, 11) is 4.67. The summed E-state index contributed by atoms with van der Waals surface area (Å²) in [5.41, 5.74) is 0. The largest absolute Gasteiger partial charge is 0.349 e. The molecule has 0 spiro atoms. The lowest BCUT2D eigenvalue weighted by Gasteiger charge is -2.23. The molecule has 0 unspecified atom stereocenters. The van der Waals surface area contributed by atoms with E-state index in [1.54, 1.807) is 0 Å². The van der Waals surface area contributed by atoms with Crippen LogP contribution in [0.5, 0.6) is 0 Å². The molecule has 7 heteroatoms. The van der Waals surface area contributed by atoms with E-state index in [-0.39, 0.29) is 0 Å². The zero-order valence-corrected chi connectivity index (χ0v) is 13.2. The fourth-order valence-electron chi connectivity index (χ4n) is 1.67. The molecule has 0 aromatic heterocycles. The molecule has 0 saturated carbocycles. The van der Waals surface area contributed by atoms with Crippen LogP contribution in [0.1, 0.15) is 13.3 Å². The average Bonchev–Trinajstić information content (AvgIpc) is 2.20. The molecule has 0 radical (unpaired) electrons. The van der Waals surface area contributed by atoms with Crippen molar-refractivity contribution in [1.82, 2.24) is 14.1 Å².